The molecule has 4 nitrogen and oxygen atoms in total. The maximum atomic E-state index is 11.8. The highest BCUT2D eigenvalue weighted by atomic mass is 35.5. The first-order valence-electron chi connectivity index (χ1n) is 7.20. The number of hydrogen-bond donors (Lipinski definition) is 1. The second-order valence-electron chi connectivity index (χ2n) is 5.38. The van der Waals surface area contributed by atoms with Gasteiger partial charge in [0.1, 0.15) is 5.92 Å². The molecule has 2 unspecified atom stereocenters. The van der Waals surface area contributed by atoms with Crippen LogP contribution in [0.25, 0.3) is 11.1 Å². The number of nitrogens with zero attached hydrogens (tertiary/aromatic N) is 2. The topological polar surface area (TPSA) is 65.2 Å². The molecule has 0 aromatic heterocycles. The first kappa shape index (κ1) is 15.3. The number of aliphatic imine (C=N–C) groups is 1. The second-order valence-corrected chi connectivity index (χ2v) is 5.82. The Hall–Kier alpha value is -2.64. The lowest BCUT2D eigenvalue weighted by molar-refractivity contribution is 0.242. The van der Waals surface area contributed by atoms with Gasteiger partial charge >= 0.3 is 6.03 Å². The monoisotopic (exact) mass is 323 g/mol. The fourth-order valence-corrected chi connectivity index (χ4v) is 2.93. The van der Waals surface area contributed by atoms with E-state index in [9.17, 15) is 10.1 Å². The summed E-state index contributed by atoms with van der Waals surface area (Å²) in [5.74, 6) is -0.485. The van der Waals surface area contributed by atoms with Crippen molar-refractivity contribution in [3.63, 3.8) is 0 Å². The maximum absolute atomic E-state index is 11.8. The van der Waals surface area contributed by atoms with E-state index in [1.54, 1.807) is 6.92 Å². The summed E-state index contributed by atoms with van der Waals surface area (Å²) in [6, 6.07) is 16.6. The number of carbonyl (C=O) groups is 1. The van der Waals surface area contributed by atoms with Crippen molar-refractivity contribution >= 4 is 23.3 Å². The standard InChI is InChI=1S/C18H14ClN3O/c1-11-16(10-20)17(22-18(23)21-11)15-5-3-2-4-14(15)12-6-8-13(19)9-7-12/h2-9,16-17H,1H3,(H,22,23). The van der Waals surface area contributed by atoms with Crippen LogP contribution in [0.15, 0.2) is 53.5 Å². The van der Waals surface area contributed by atoms with Gasteiger partial charge in [0.2, 0.25) is 0 Å². The highest BCUT2D eigenvalue weighted by Crippen LogP contribution is 2.34. The van der Waals surface area contributed by atoms with E-state index in [4.69, 9.17) is 11.6 Å². The molecule has 1 aliphatic heterocycles. The minimum absolute atomic E-state index is 0.412. The molecule has 2 aromatic carbocycles. The molecule has 1 N–H and O–H groups in total. The number of halogens is 1. The van der Waals surface area contributed by atoms with Gasteiger partial charge in [-0.2, -0.15) is 5.26 Å². The third-order valence-corrected chi connectivity index (χ3v) is 4.18. The van der Waals surface area contributed by atoms with Gasteiger partial charge in [-0.1, -0.05) is 48.0 Å². The van der Waals surface area contributed by atoms with E-state index in [0.717, 1.165) is 16.7 Å². The van der Waals surface area contributed by atoms with Crippen molar-refractivity contribution in [3.05, 3.63) is 59.1 Å². The fraction of sp³-hybridized carbons (Fsp3) is 0.167. The van der Waals surface area contributed by atoms with Crippen LogP contribution in [0.5, 0.6) is 0 Å². The van der Waals surface area contributed by atoms with E-state index < -0.39 is 18.0 Å². The van der Waals surface area contributed by atoms with Gasteiger partial charge in [0.25, 0.3) is 0 Å². The van der Waals surface area contributed by atoms with Crippen LogP contribution in [-0.4, -0.2) is 11.7 Å². The predicted molar refractivity (Wildman–Crippen MR) is 90.4 cm³/mol. The van der Waals surface area contributed by atoms with Gasteiger partial charge in [-0.3, -0.25) is 0 Å². The van der Waals surface area contributed by atoms with Crippen LogP contribution in [0.1, 0.15) is 18.5 Å². The molecule has 0 saturated heterocycles. The van der Waals surface area contributed by atoms with Gasteiger partial charge in [0.15, 0.2) is 0 Å². The Balaban J connectivity index is 2.10. The van der Waals surface area contributed by atoms with Crippen LogP contribution in [0.4, 0.5) is 4.79 Å². The summed E-state index contributed by atoms with van der Waals surface area (Å²) in [4.78, 5) is 15.6. The van der Waals surface area contributed by atoms with Crippen molar-refractivity contribution in [1.29, 1.82) is 5.26 Å². The van der Waals surface area contributed by atoms with Gasteiger partial charge in [0, 0.05) is 10.7 Å². The molecule has 2 amide bonds. The zero-order valence-corrected chi connectivity index (χ0v) is 13.2. The fourth-order valence-electron chi connectivity index (χ4n) is 2.81. The van der Waals surface area contributed by atoms with E-state index in [-0.39, 0.29) is 0 Å². The molecule has 0 saturated carbocycles. The van der Waals surface area contributed by atoms with Crippen molar-refractivity contribution in [2.75, 3.05) is 0 Å². The van der Waals surface area contributed by atoms with Gasteiger partial charge in [-0.05, 0) is 35.7 Å². The summed E-state index contributed by atoms with van der Waals surface area (Å²) in [7, 11) is 0. The normalized spacial score (nSPS) is 20.4. The van der Waals surface area contributed by atoms with Crippen molar-refractivity contribution in [3.8, 4) is 17.2 Å². The molecule has 5 heteroatoms. The van der Waals surface area contributed by atoms with Gasteiger partial charge < -0.3 is 5.32 Å². The molecule has 114 valence electrons. The first-order valence-corrected chi connectivity index (χ1v) is 7.58. The average Bonchev–Trinajstić information content (AvgIpc) is 2.55. The summed E-state index contributed by atoms with van der Waals surface area (Å²) in [5, 5.41) is 13.0. The van der Waals surface area contributed by atoms with Crippen molar-refractivity contribution in [1.82, 2.24) is 5.32 Å². The summed E-state index contributed by atoms with van der Waals surface area (Å²) in [5.41, 5.74) is 3.37. The SMILES string of the molecule is CC1=NC(=O)NC(c2ccccc2-c2ccc(Cl)cc2)C1C#N. The minimum atomic E-state index is -0.485. The molecule has 23 heavy (non-hydrogen) atoms. The van der Waals surface area contributed by atoms with Crippen LogP contribution < -0.4 is 5.32 Å². The predicted octanol–water partition coefficient (Wildman–Crippen LogP) is 4.37. The van der Waals surface area contributed by atoms with Crippen molar-refractivity contribution < 1.29 is 4.79 Å². The Bertz CT molecular complexity index is 821. The summed E-state index contributed by atoms with van der Waals surface area (Å²) in [6.07, 6.45) is 0. The molecule has 2 atom stereocenters. The Labute approximate surface area is 139 Å². The van der Waals surface area contributed by atoms with Gasteiger partial charge in [-0.25, -0.2) is 9.79 Å². The zero-order valence-electron chi connectivity index (χ0n) is 12.5. The Morgan fingerprint density at radius 3 is 2.57 bits per heavy atom. The Morgan fingerprint density at radius 1 is 1.17 bits per heavy atom. The van der Waals surface area contributed by atoms with E-state index in [2.05, 4.69) is 16.4 Å². The number of urea groups is 1. The lowest BCUT2D eigenvalue weighted by Crippen LogP contribution is -2.39. The smallest absolute Gasteiger partial charge is 0.328 e. The summed E-state index contributed by atoms with van der Waals surface area (Å²) in [6.45, 7) is 1.71. The van der Waals surface area contributed by atoms with Crippen LogP contribution in [0, 0.1) is 17.2 Å². The maximum Gasteiger partial charge on any atom is 0.341 e. The van der Waals surface area contributed by atoms with Gasteiger partial charge in [0.05, 0.1) is 12.1 Å². The van der Waals surface area contributed by atoms with Crippen LogP contribution in [-0.2, 0) is 0 Å². The molecule has 1 heterocycles. The number of amides is 2. The third kappa shape index (κ3) is 2.96. The van der Waals surface area contributed by atoms with E-state index >= 15 is 0 Å². The Morgan fingerprint density at radius 2 is 1.87 bits per heavy atom. The molecule has 0 radical (unpaired) electrons. The highest BCUT2D eigenvalue weighted by Gasteiger charge is 2.32. The molecular weight excluding hydrogens is 310 g/mol. The molecule has 1 aliphatic rings. The molecule has 3 rings (SSSR count). The number of carbonyl (C=O) groups excluding carboxylic acids is 1. The molecule has 0 bridgehead atoms. The lowest BCUT2D eigenvalue weighted by Gasteiger charge is -2.28. The van der Waals surface area contributed by atoms with Crippen LogP contribution in [0.2, 0.25) is 5.02 Å². The summed E-state index contributed by atoms with van der Waals surface area (Å²) < 4.78 is 0. The van der Waals surface area contributed by atoms with E-state index in [1.807, 2.05) is 48.5 Å². The average molecular weight is 324 g/mol. The molecule has 0 aliphatic carbocycles. The van der Waals surface area contributed by atoms with E-state index in [1.165, 1.54) is 0 Å². The van der Waals surface area contributed by atoms with Gasteiger partial charge in [-0.15, -0.1) is 0 Å². The lowest BCUT2D eigenvalue weighted by atomic mass is 9.85. The number of nitrogens with one attached hydrogen (secondary N) is 1. The van der Waals surface area contributed by atoms with Crippen molar-refractivity contribution in [2.24, 2.45) is 10.9 Å². The molecular formula is C18H14ClN3O. The number of rotatable bonds is 2. The van der Waals surface area contributed by atoms with E-state index in [0.29, 0.717) is 10.7 Å². The quantitative estimate of drug-likeness (QED) is 0.891. The largest absolute Gasteiger partial charge is 0.341 e. The second kappa shape index (κ2) is 6.23. The third-order valence-electron chi connectivity index (χ3n) is 3.93. The Kier molecular flexibility index (Phi) is 4.14. The number of hydrogen-bond acceptors (Lipinski definition) is 2. The molecule has 0 spiro atoms. The number of nitriles is 1. The first-order chi connectivity index (χ1) is 11.1. The molecule has 2 aromatic rings. The molecule has 0 fully saturated rings. The van der Waals surface area contributed by atoms with Crippen LogP contribution in [0.3, 0.4) is 0 Å². The zero-order chi connectivity index (χ0) is 16.4. The van der Waals surface area contributed by atoms with Crippen molar-refractivity contribution in [2.45, 2.75) is 13.0 Å². The van der Waals surface area contributed by atoms with Crippen LogP contribution >= 0.6 is 11.6 Å². The minimum Gasteiger partial charge on any atom is -0.328 e. The summed E-state index contributed by atoms with van der Waals surface area (Å²) >= 11 is 5.96. The number of benzene rings is 2. The highest BCUT2D eigenvalue weighted by molar-refractivity contribution is 6.30.